The maximum Gasteiger partial charge on any atom is 0.233 e. The van der Waals surface area contributed by atoms with Crippen molar-refractivity contribution in [2.45, 2.75) is 50.2 Å². The second-order valence-corrected chi connectivity index (χ2v) is 7.36. The summed E-state index contributed by atoms with van der Waals surface area (Å²) < 4.78 is 0. The van der Waals surface area contributed by atoms with Crippen LogP contribution < -0.4 is 0 Å². The molecule has 1 heterocycles. The molecule has 1 N–H and O–H groups in total. The second-order valence-electron chi connectivity index (χ2n) is 5.96. The highest BCUT2D eigenvalue weighted by Crippen LogP contribution is 2.25. The molecule has 1 saturated carbocycles. The number of nitrogens with one attached hydrogen (secondary N) is 1. The number of thioether (sulfide) groups is 1. The molecule has 0 spiro atoms. The van der Waals surface area contributed by atoms with Gasteiger partial charge in [-0.3, -0.25) is 4.79 Å². The summed E-state index contributed by atoms with van der Waals surface area (Å²) in [4.78, 5) is 22.3. The van der Waals surface area contributed by atoms with Crippen molar-refractivity contribution in [1.82, 2.24) is 14.9 Å². The third-order valence-electron chi connectivity index (χ3n) is 4.43. The van der Waals surface area contributed by atoms with Crippen LogP contribution in [-0.2, 0) is 4.79 Å². The third-order valence-corrected chi connectivity index (χ3v) is 5.52. The normalized spacial score (nSPS) is 15.9. The first kappa shape index (κ1) is 16.7. The molecule has 3 rings (SSSR count). The van der Waals surface area contributed by atoms with Gasteiger partial charge in [-0.2, -0.15) is 0 Å². The quantitative estimate of drug-likeness (QED) is 0.807. The molecule has 0 radical (unpaired) electrons. The molecule has 0 bridgehead atoms. The third kappa shape index (κ3) is 4.01. The van der Waals surface area contributed by atoms with Crippen LogP contribution in [0, 0.1) is 0 Å². The number of aromatic amines is 1. The Morgan fingerprint density at radius 3 is 2.91 bits per heavy atom. The minimum Gasteiger partial charge on any atom is -0.339 e. The van der Waals surface area contributed by atoms with E-state index in [0.717, 1.165) is 35.6 Å². The smallest absolute Gasteiger partial charge is 0.233 e. The van der Waals surface area contributed by atoms with Crippen molar-refractivity contribution >= 4 is 40.3 Å². The molecular weight excluding hydrogens is 330 g/mol. The highest BCUT2D eigenvalue weighted by Gasteiger charge is 2.24. The molecule has 0 atom stereocenters. The Morgan fingerprint density at radius 1 is 1.39 bits per heavy atom. The standard InChI is InChI=1S/C17H22ClN3OS/c1-2-21(13-6-4-3-5-7-13)16(22)11-23-17-19-14-9-8-12(18)10-15(14)20-17/h8-10,13H,2-7,11H2,1H3,(H,19,20). The molecule has 1 amide bonds. The lowest BCUT2D eigenvalue weighted by molar-refractivity contribution is -0.131. The molecule has 0 saturated heterocycles. The number of imidazole rings is 1. The van der Waals surface area contributed by atoms with Gasteiger partial charge in [0.2, 0.25) is 5.91 Å². The number of carbonyl (C=O) groups is 1. The summed E-state index contributed by atoms with van der Waals surface area (Å²) >= 11 is 7.45. The highest BCUT2D eigenvalue weighted by molar-refractivity contribution is 7.99. The Morgan fingerprint density at radius 2 is 2.17 bits per heavy atom. The number of rotatable bonds is 5. The fourth-order valence-corrected chi connectivity index (χ4v) is 4.21. The maximum absolute atomic E-state index is 12.6. The van der Waals surface area contributed by atoms with Crippen LogP contribution in [0.15, 0.2) is 23.4 Å². The van der Waals surface area contributed by atoms with Crippen LogP contribution in [0.25, 0.3) is 11.0 Å². The van der Waals surface area contributed by atoms with Gasteiger partial charge in [0.15, 0.2) is 5.16 Å². The molecule has 124 valence electrons. The van der Waals surface area contributed by atoms with Gasteiger partial charge in [0.05, 0.1) is 16.8 Å². The number of hydrogen-bond donors (Lipinski definition) is 1. The van der Waals surface area contributed by atoms with Gasteiger partial charge in [0.1, 0.15) is 0 Å². The van der Waals surface area contributed by atoms with E-state index in [2.05, 4.69) is 16.9 Å². The summed E-state index contributed by atoms with van der Waals surface area (Å²) in [7, 11) is 0. The van der Waals surface area contributed by atoms with E-state index >= 15 is 0 Å². The first-order valence-corrected chi connectivity index (χ1v) is 9.61. The topological polar surface area (TPSA) is 49.0 Å². The molecule has 1 aliphatic rings. The van der Waals surface area contributed by atoms with Crippen molar-refractivity contribution in [1.29, 1.82) is 0 Å². The van der Waals surface area contributed by atoms with Crippen LogP contribution in [0.5, 0.6) is 0 Å². The van der Waals surface area contributed by atoms with Crippen molar-refractivity contribution in [2.75, 3.05) is 12.3 Å². The summed E-state index contributed by atoms with van der Waals surface area (Å²) in [5.41, 5.74) is 1.79. The van der Waals surface area contributed by atoms with E-state index in [1.807, 2.05) is 23.1 Å². The van der Waals surface area contributed by atoms with Gasteiger partial charge in [-0.25, -0.2) is 4.98 Å². The number of amides is 1. The molecule has 6 heteroatoms. The van der Waals surface area contributed by atoms with E-state index in [1.165, 1.54) is 31.0 Å². The Bertz CT molecular complexity index is 682. The van der Waals surface area contributed by atoms with Crippen molar-refractivity contribution < 1.29 is 4.79 Å². The van der Waals surface area contributed by atoms with Crippen LogP contribution in [-0.4, -0.2) is 39.1 Å². The first-order chi connectivity index (χ1) is 11.2. The monoisotopic (exact) mass is 351 g/mol. The number of H-pyrrole nitrogens is 1. The Kier molecular flexibility index (Phi) is 5.49. The van der Waals surface area contributed by atoms with Crippen molar-refractivity contribution in [3.8, 4) is 0 Å². The zero-order chi connectivity index (χ0) is 16.2. The minimum atomic E-state index is 0.211. The minimum absolute atomic E-state index is 0.211. The van der Waals surface area contributed by atoms with E-state index in [-0.39, 0.29) is 5.91 Å². The maximum atomic E-state index is 12.6. The average Bonchev–Trinajstić information content (AvgIpc) is 2.96. The van der Waals surface area contributed by atoms with Crippen LogP contribution in [0.4, 0.5) is 0 Å². The summed E-state index contributed by atoms with van der Waals surface area (Å²) in [5.74, 6) is 0.639. The fraction of sp³-hybridized carbons (Fsp3) is 0.529. The number of aromatic nitrogens is 2. The number of hydrogen-bond acceptors (Lipinski definition) is 3. The van der Waals surface area contributed by atoms with E-state index < -0.39 is 0 Å². The lowest BCUT2D eigenvalue weighted by Gasteiger charge is -2.33. The average molecular weight is 352 g/mol. The van der Waals surface area contributed by atoms with Crippen LogP contribution >= 0.6 is 23.4 Å². The SMILES string of the molecule is CCN(C(=O)CSc1nc2ccc(Cl)cc2[nH]1)C1CCCCC1. The van der Waals surface area contributed by atoms with E-state index in [1.54, 1.807) is 0 Å². The Hall–Kier alpha value is -1.20. The lowest BCUT2D eigenvalue weighted by Crippen LogP contribution is -2.42. The summed E-state index contributed by atoms with van der Waals surface area (Å²) in [6.07, 6.45) is 6.08. The van der Waals surface area contributed by atoms with E-state index in [9.17, 15) is 4.79 Å². The molecule has 1 fully saturated rings. The summed E-state index contributed by atoms with van der Waals surface area (Å²) in [6.45, 7) is 2.86. The zero-order valence-electron chi connectivity index (χ0n) is 13.3. The number of benzene rings is 1. The van der Waals surface area contributed by atoms with Gasteiger partial charge in [-0.05, 0) is 38.0 Å². The molecular formula is C17H22ClN3OS. The molecule has 4 nitrogen and oxygen atoms in total. The molecule has 0 unspecified atom stereocenters. The van der Waals surface area contributed by atoms with Gasteiger partial charge < -0.3 is 9.88 Å². The van der Waals surface area contributed by atoms with Crippen molar-refractivity contribution in [3.63, 3.8) is 0 Å². The molecule has 0 aliphatic heterocycles. The largest absolute Gasteiger partial charge is 0.339 e. The zero-order valence-corrected chi connectivity index (χ0v) is 14.9. The first-order valence-electron chi connectivity index (χ1n) is 8.25. The molecule has 1 aliphatic carbocycles. The molecule has 1 aromatic heterocycles. The number of carbonyl (C=O) groups excluding carboxylic acids is 1. The van der Waals surface area contributed by atoms with Crippen molar-refractivity contribution in [2.24, 2.45) is 0 Å². The van der Waals surface area contributed by atoms with Crippen LogP contribution in [0.1, 0.15) is 39.0 Å². The second kappa shape index (κ2) is 7.58. The van der Waals surface area contributed by atoms with E-state index in [0.29, 0.717) is 16.8 Å². The number of nitrogens with zero attached hydrogens (tertiary/aromatic N) is 2. The number of fused-ring (bicyclic) bond motifs is 1. The van der Waals surface area contributed by atoms with Gasteiger partial charge >= 0.3 is 0 Å². The Labute approximate surface area is 146 Å². The van der Waals surface area contributed by atoms with Crippen molar-refractivity contribution in [3.05, 3.63) is 23.2 Å². The molecule has 2 aromatic rings. The lowest BCUT2D eigenvalue weighted by atomic mass is 9.94. The number of halogens is 1. The fourth-order valence-electron chi connectivity index (χ4n) is 3.27. The summed E-state index contributed by atoms with van der Waals surface area (Å²) in [5, 5.41) is 1.46. The van der Waals surface area contributed by atoms with E-state index in [4.69, 9.17) is 11.6 Å². The summed E-state index contributed by atoms with van der Waals surface area (Å²) in [6, 6.07) is 6.00. The van der Waals surface area contributed by atoms with Gasteiger partial charge in [0.25, 0.3) is 0 Å². The highest BCUT2D eigenvalue weighted by atomic mass is 35.5. The van der Waals surface area contributed by atoms with Gasteiger partial charge in [0, 0.05) is 17.6 Å². The predicted molar refractivity (Wildman–Crippen MR) is 96.1 cm³/mol. The predicted octanol–water partition coefficient (Wildman–Crippen LogP) is 4.49. The van der Waals surface area contributed by atoms with Crippen LogP contribution in [0.3, 0.4) is 0 Å². The Balaban J connectivity index is 1.62. The molecule has 23 heavy (non-hydrogen) atoms. The molecule has 1 aromatic carbocycles. The van der Waals surface area contributed by atoms with Crippen LogP contribution in [0.2, 0.25) is 5.02 Å². The van der Waals surface area contributed by atoms with Gasteiger partial charge in [-0.1, -0.05) is 42.6 Å². The van der Waals surface area contributed by atoms with Gasteiger partial charge in [-0.15, -0.1) is 0 Å².